The van der Waals surface area contributed by atoms with E-state index in [1.165, 1.54) is 4.90 Å². The van der Waals surface area contributed by atoms with Gasteiger partial charge in [0.2, 0.25) is 0 Å². The first kappa shape index (κ1) is 10.5. The van der Waals surface area contributed by atoms with Gasteiger partial charge in [0.05, 0.1) is 5.92 Å². The molecule has 16 heavy (non-hydrogen) atoms. The second-order valence-electron chi connectivity index (χ2n) is 3.66. The molecule has 0 saturated carbocycles. The van der Waals surface area contributed by atoms with Gasteiger partial charge in [-0.2, -0.15) is 5.21 Å². The number of likely N-dealkylation sites (tertiary alicyclic amines) is 1. The highest BCUT2D eigenvalue weighted by Crippen LogP contribution is 2.17. The summed E-state index contributed by atoms with van der Waals surface area (Å²) in [5.41, 5.74) is 0. The Balaban J connectivity index is 2.05. The zero-order valence-corrected chi connectivity index (χ0v) is 8.46. The number of piperidine rings is 1. The van der Waals surface area contributed by atoms with E-state index in [1.807, 2.05) is 0 Å². The molecule has 8 heteroatoms. The summed E-state index contributed by atoms with van der Waals surface area (Å²) >= 11 is 0. The van der Waals surface area contributed by atoms with Crippen LogP contribution in [-0.2, 0) is 4.79 Å². The van der Waals surface area contributed by atoms with Gasteiger partial charge in [0.1, 0.15) is 0 Å². The first-order valence-corrected chi connectivity index (χ1v) is 4.94. The van der Waals surface area contributed by atoms with Gasteiger partial charge in [-0.15, -0.1) is 10.2 Å². The lowest BCUT2D eigenvalue weighted by Crippen LogP contribution is -2.42. The Labute approximate surface area is 90.6 Å². The van der Waals surface area contributed by atoms with Crippen molar-refractivity contribution < 1.29 is 14.7 Å². The molecule has 1 aliphatic rings. The van der Waals surface area contributed by atoms with Crippen molar-refractivity contribution in [2.45, 2.75) is 12.8 Å². The molecular weight excluding hydrogens is 214 g/mol. The van der Waals surface area contributed by atoms with Crippen molar-refractivity contribution in [3.8, 4) is 0 Å². The highest BCUT2D eigenvalue weighted by molar-refractivity contribution is 5.90. The van der Waals surface area contributed by atoms with E-state index in [-0.39, 0.29) is 18.3 Å². The third-order valence-corrected chi connectivity index (χ3v) is 2.59. The quantitative estimate of drug-likeness (QED) is 0.677. The van der Waals surface area contributed by atoms with Crippen LogP contribution in [0.15, 0.2) is 0 Å². The first-order valence-electron chi connectivity index (χ1n) is 4.94. The monoisotopic (exact) mass is 225 g/mol. The fourth-order valence-electron chi connectivity index (χ4n) is 1.76. The van der Waals surface area contributed by atoms with Crippen LogP contribution in [0.1, 0.15) is 23.5 Å². The highest BCUT2D eigenvalue weighted by atomic mass is 16.4. The van der Waals surface area contributed by atoms with Crippen molar-refractivity contribution >= 4 is 11.9 Å². The minimum atomic E-state index is -0.870. The molecule has 8 nitrogen and oxygen atoms in total. The molecule has 1 fully saturated rings. The van der Waals surface area contributed by atoms with Gasteiger partial charge in [-0.25, -0.2) is 0 Å². The largest absolute Gasteiger partial charge is 0.481 e. The summed E-state index contributed by atoms with van der Waals surface area (Å²) in [5, 5.41) is 21.5. The second-order valence-corrected chi connectivity index (χ2v) is 3.66. The van der Waals surface area contributed by atoms with Gasteiger partial charge in [-0.05, 0) is 18.1 Å². The van der Waals surface area contributed by atoms with Crippen LogP contribution in [0.25, 0.3) is 0 Å². The van der Waals surface area contributed by atoms with Crippen molar-refractivity contribution in [2.75, 3.05) is 13.1 Å². The lowest BCUT2D eigenvalue weighted by molar-refractivity contribution is -0.143. The van der Waals surface area contributed by atoms with E-state index in [4.69, 9.17) is 5.11 Å². The topological polar surface area (TPSA) is 112 Å². The number of nitrogens with zero attached hydrogens (tertiary/aromatic N) is 4. The summed E-state index contributed by atoms with van der Waals surface area (Å²) in [6, 6.07) is 0. The fourth-order valence-corrected chi connectivity index (χ4v) is 1.76. The number of aliphatic carboxylic acids is 1. The van der Waals surface area contributed by atoms with Crippen LogP contribution in [0.5, 0.6) is 0 Å². The number of amides is 1. The number of hydrogen-bond acceptors (Lipinski definition) is 5. The molecule has 1 aromatic heterocycles. The average molecular weight is 225 g/mol. The number of carboxylic acids is 1. The van der Waals surface area contributed by atoms with Crippen LogP contribution >= 0.6 is 0 Å². The molecule has 1 aliphatic heterocycles. The molecule has 2 rings (SSSR count). The van der Waals surface area contributed by atoms with E-state index in [1.54, 1.807) is 0 Å². The molecule has 0 bridgehead atoms. The van der Waals surface area contributed by atoms with Crippen molar-refractivity contribution in [3.63, 3.8) is 0 Å². The minimum absolute atomic E-state index is 0.0222. The summed E-state index contributed by atoms with van der Waals surface area (Å²) < 4.78 is 0. The maximum atomic E-state index is 11.8. The number of aromatic nitrogens is 4. The Morgan fingerprint density at radius 1 is 1.50 bits per heavy atom. The molecule has 1 amide bonds. The second kappa shape index (κ2) is 4.25. The molecule has 0 radical (unpaired) electrons. The summed E-state index contributed by atoms with van der Waals surface area (Å²) in [4.78, 5) is 24.0. The van der Waals surface area contributed by atoms with Crippen LogP contribution in [0, 0.1) is 5.92 Å². The number of aromatic amines is 1. The van der Waals surface area contributed by atoms with Gasteiger partial charge in [-0.3, -0.25) is 9.59 Å². The highest BCUT2D eigenvalue weighted by Gasteiger charge is 2.30. The van der Waals surface area contributed by atoms with Gasteiger partial charge in [0.15, 0.2) is 0 Å². The van der Waals surface area contributed by atoms with E-state index in [0.29, 0.717) is 19.4 Å². The third-order valence-electron chi connectivity index (χ3n) is 2.59. The van der Waals surface area contributed by atoms with Crippen LogP contribution in [0.3, 0.4) is 0 Å². The van der Waals surface area contributed by atoms with Gasteiger partial charge in [0, 0.05) is 13.1 Å². The Morgan fingerprint density at radius 3 is 2.94 bits per heavy atom. The summed E-state index contributed by atoms with van der Waals surface area (Å²) in [7, 11) is 0. The molecule has 2 N–H and O–H groups in total. The van der Waals surface area contributed by atoms with Crippen LogP contribution in [0.4, 0.5) is 0 Å². The average Bonchev–Trinajstić information content (AvgIpc) is 2.81. The Bertz CT molecular complexity index is 390. The standard InChI is InChI=1S/C8H11N5O3/c14-7(6-9-11-12-10-6)13-3-1-2-5(4-13)8(15)16/h5H,1-4H2,(H,15,16)(H,9,10,11,12)/t5-/m1/s1. The lowest BCUT2D eigenvalue weighted by Gasteiger charge is -2.29. The van der Waals surface area contributed by atoms with Gasteiger partial charge >= 0.3 is 5.97 Å². The molecule has 1 saturated heterocycles. The molecule has 0 spiro atoms. The Kier molecular flexibility index (Phi) is 2.80. The molecule has 86 valence electrons. The SMILES string of the molecule is O=C(O)[C@@H]1CCCN(C(=O)c2nn[nH]n2)C1. The van der Waals surface area contributed by atoms with Crippen molar-refractivity contribution in [1.82, 2.24) is 25.5 Å². The maximum Gasteiger partial charge on any atom is 0.308 e. The van der Waals surface area contributed by atoms with E-state index in [0.717, 1.165) is 0 Å². The minimum Gasteiger partial charge on any atom is -0.481 e. The van der Waals surface area contributed by atoms with E-state index >= 15 is 0 Å². The number of carbonyl (C=O) groups excluding carboxylic acids is 1. The van der Waals surface area contributed by atoms with Crippen molar-refractivity contribution in [3.05, 3.63) is 5.82 Å². The number of tetrazole rings is 1. The Morgan fingerprint density at radius 2 is 2.31 bits per heavy atom. The number of rotatable bonds is 2. The molecule has 1 atom stereocenters. The molecule has 0 aliphatic carbocycles. The zero-order valence-electron chi connectivity index (χ0n) is 8.46. The van der Waals surface area contributed by atoms with Gasteiger partial charge in [0.25, 0.3) is 11.7 Å². The summed E-state index contributed by atoms with van der Waals surface area (Å²) in [6.07, 6.45) is 1.28. The molecule has 1 aromatic rings. The normalized spacial score (nSPS) is 20.8. The number of carboxylic acid groups (broad SMARTS) is 1. The van der Waals surface area contributed by atoms with E-state index < -0.39 is 11.9 Å². The number of carbonyl (C=O) groups is 2. The molecular formula is C8H11N5O3. The van der Waals surface area contributed by atoms with E-state index in [9.17, 15) is 9.59 Å². The van der Waals surface area contributed by atoms with Gasteiger partial charge in [-0.1, -0.05) is 0 Å². The predicted molar refractivity (Wildman–Crippen MR) is 50.4 cm³/mol. The molecule has 2 heterocycles. The maximum absolute atomic E-state index is 11.8. The Hall–Kier alpha value is -1.99. The summed E-state index contributed by atoms with van der Waals surface area (Å²) in [6.45, 7) is 0.750. The first-order chi connectivity index (χ1) is 7.68. The van der Waals surface area contributed by atoms with Crippen molar-refractivity contribution in [1.29, 1.82) is 0 Å². The zero-order chi connectivity index (χ0) is 11.5. The number of nitrogens with one attached hydrogen (secondary N) is 1. The third kappa shape index (κ3) is 2.00. The predicted octanol–water partition coefficient (Wildman–Crippen LogP) is -0.864. The van der Waals surface area contributed by atoms with Crippen LogP contribution < -0.4 is 0 Å². The van der Waals surface area contributed by atoms with Gasteiger partial charge < -0.3 is 10.0 Å². The number of hydrogen-bond donors (Lipinski definition) is 2. The van der Waals surface area contributed by atoms with Crippen LogP contribution in [-0.4, -0.2) is 55.6 Å². The van der Waals surface area contributed by atoms with Crippen LogP contribution in [0.2, 0.25) is 0 Å². The smallest absolute Gasteiger partial charge is 0.308 e. The molecule has 0 aromatic carbocycles. The van der Waals surface area contributed by atoms with Crippen molar-refractivity contribution in [2.24, 2.45) is 5.92 Å². The fraction of sp³-hybridized carbons (Fsp3) is 0.625. The number of H-pyrrole nitrogens is 1. The van der Waals surface area contributed by atoms with E-state index in [2.05, 4.69) is 20.6 Å². The summed E-state index contributed by atoms with van der Waals surface area (Å²) in [5.74, 6) is -1.76. The lowest BCUT2D eigenvalue weighted by atomic mass is 9.98. The molecule has 0 unspecified atom stereocenters.